The lowest BCUT2D eigenvalue weighted by Crippen LogP contribution is -2.26. The van der Waals surface area contributed by atoms with E-state index < -0.39 is 16.1 Å². The number of aromatic amines is 1. The average Bonchev–Trinajstić information content (AvgIpc) is 3.17. The second-order valence-corrected chi connectivity index (χ2v) is 9.00. The number of benzene rings is 3. The van der Waals surface area contributed by atoms with Gasteiger partial charge < -0.3 is 15.5 Å². The highest BCUT2D eigenvalue weighted by Crippen LogP contribution is 2.25. The van der Waals surface area contributed by atoms with Gasteiger partial charge in [-0.05, 0) is 42.0 Å². The van der Waals surface area contributed by atoms with E-state index in [1.54, 1.807) is 49.5 Å². The maximum absolute atomic E-state index is 12.9. The lowest BCUT2D eigenvalue weighted by Gasteiger charge is -2.17. The van der Waals surface area contributed by atoms with Gasteiger partial charge in [0.1, 0.15) is 11.6 Å². The number of nitrogens with two attached hydrogens (primary N) is 1. The van der Waals surface area contributed by atoms with E-state index in [1.807, 2.05) is 30.3 Å². The van der Waals surface area contributed by atoms with Gasteiger partial charge in [-0.1, -0.05) is 30.3 Å². The van der Waals surface area contributed by atoms with Gasteiger partial charge in [-0.3, -0.25) is 0 Å². The van der Waals surface area contributed by atoms with Gasteiger partial charge in [-0.25, -0.2) is 18.2 Å². The van der Waals surface area contributed by atoms with Gasteiger partial charge in [0, 0.05) is 25.2 Å². The summed E-state index contributed by atoms with van der Waals surface area (Å²) in [6.07, 6.45) is -0.895. The number of aromatic nitrogens is 2. The molecule has 3 aromatic carbocycles. The molecule has 0 aliphatic rings. The number of H-pyrrole nitrogens is 1. The van der Waals surface area contributed by atoms with E-state index in [2.05, 4.69) is 9.97 Å². The molecule has 0 aliphatic carbocycles. The van der Waals surface area contributed by atoms with Crippen molar-refractivity contribution in [1.29, 1.82) is 0 Å². The van der Waals surface area contributed by atoms with E-state index in [0.717, 1.165) is 11.1 Å². The Kier molecular flexibility index (Phi) is 5.45. The Hall–Kier alpha value is -3.69. The second-order valence-electron chi connectivity index (χ2n) is 6.96. The first-order valence-corrected chi connectivity index (χ1v) is 10.8. The molecule has 31 heavy (non-hydrogen) atoms. The minimum atomic E-state index is -3.64. The van der Waals surface area contributed by atoms with Crippen LogP contribution in [0.1, 0.15) is 5.56 Å². The number of primary amides is 1. The highest BCUT2D eigenvalue weighted by atomic mass is 32.2. The predicted octanol–water partition coefficient (Wildman–Crippen LogP) is 3.51. The normalized spacial score (nSPS) is 11.7. The zero-order chi connectivity index (χ0) is 22.0. The summed E-state index contributed by atoms with van der Waals surface area (Å²) in [5.41, 5.74) is 8.00. The third-order valence-electron chi connectivity index (χ3n) is 4.76. The van der Waals surface area contributed by atoms with Crippen LogP contribution in [-0.4, -0.2) is 35.8 Å². The van der Waals surface area contributed by atoms with Crippen LogP contribution >= 0.6 is 0 Å². The molecule has 0 aliphatic heterocycles. The van der Waals surface area contributed by atoms with Crippen molar-refractivity contribution in [3.8, 4) is 17.1 Å². The minimum Gasteiger partial charge on any atom is -0.410 e. The van der Waals surface area contributed by atoms with E-state index in [4.69, 9.17) is 10.5 Å². The van der Waals surface area contributed by atoms with Gasteiger partial charge in [0.2, 0.25) is 10.0 Å². The highest BCUT2D eigenvalue weighted by molar-refractivity contribution is 7.89. The lowest BCUT2D eigenvalue weighted by molar-refractivity contribution is 0.211. The summed E-state index contributed by atoms with van der Waals surface area (Å²) in [5.74, 6) is 0.867. The molecule has 3 N–H and O–H groups in total. The van der Waals surface area contributed by atoms with E-state index in [1.165, 1.54) is 4.31 Å². The molecule has 9 heteroatoms. The van der Waals surface area contributed by atoms with Crippen LogP contribution in [0.15, 0.2) is 77.7 Å². The summed E-state index contributed by atoms with van der Waals surface area (Å²) in [7, 11) is -2.08. The molecule has 0 bridgehead atoms. The van der Waals surface area contributed by atoms with Crippen molar-refractivity contribution in [1.82, 2.24) is 14.3 Å². The first kappa shape index (κ1) is 20.6. The number of rotatable bonds is 6. The van der Waals surface area contributed by atoms with Crippen molar-refractivity contribution < 1.29 is 17.9 Å². The molecule has 8 nitrogen and oxygen atoms in total. The fourth-order valence-corrected chi connectivity index (χ4v) is 4.35. The zero-order valence-corrected chi connectivity index (χ0v) is 17.5. The number of carbonyl (C=O) groups is 1. The first-order valence-electron chi connectivity index (χ1n) is 9.41. The molecule has 158 valence electrons. The maximum atomic E-state index is 12.9. The van der Waals surface area contributed by atoms with Gasteiger partial charge in [-0.2, -0.15) is 4.31 Å². The van der Waals surface area contributed by atoms with Crippen LogP contribution in [0.25, 0.3) is 22.4 Å². The topological polar surface area (TPSA) is 118 Å². The maximum Gasteiger partial charge on any atom is 0.409 e. The van der Waals surface area contributed by atoms with Crippen molar-refractivity contribution in [2.75, 3.05) is 7.05 Å². The van der Waals surface area contributed by atoms with Crippen molar-refractivity contribution in [2.24, 2.45) is 5.73 Å². The van der Waals surface area contributed by atoms with Crippen molar-refractivity contribution in [3.05, 3.63) is 78.4 Å². The number of amides is 1. The highest BCUT2D eigenvalue weighted by Gasteiger charge is 2.21. The number of nitrogens with one attached hydrogen (secondary N) is 1. The monoisotopic (exact) mass is 436 g/mol. The summed E-state index contributed by atoms with van der Waals surface area (Å²) < 4.78 is 32.0. The molecule has 1 amide bonds. The van der Waals surface area contributed by atoms with Gasteiger partial charge in [0.15, 0.2) is 0 Å². The molecule has 0 unspecified atom stereocenters. The van der Waals surface area contributed by atoms with Gasteiger partial charge in [-0.15, -0.1) is 0 Å². The summed E-state index contributed by atoms with van der Waals surface area (Å²) >= 11 is 0. The summed E-state index contributed by atoms with van der Waals surface area (Å²) in [4.78, 5) is 18.7. The van der Waals surface area contributed by atoms with E-state index in [0.29, 0.717) is 22.6 Å². The van der Waals surface area contributed by atoms with E-state index in [-0.39, 0.29) is 11.4 Å². The first-order chi connectivity index (χ1) is 14.8. The Morgan fingerprint density at radius 1 is 1.06 bits per heavy atom. The number of hydrogen-bond acceptors (Lipinski definition) is 5. The summed E-state index contributed by atoms with van der Waals surface area (Å²) in [6, 6.07) is 20.8. The molecule has 4 rings (SSSR count). The average molecular weight is 436 g/mol. The van der Waals surface area contributed by atoms with Crippen LogP contribution in [0.3, 0.4) is 0 Å². The Balaban J connectivity index is 1.56. The Morgan fingerprint density at radius 3 is 2.45 bits per heavy atom. The molecule has 0 spiro atoms. The third kappa shape index (κ3) is 4.42. The molecule has 1 heterocycles. The Bertz CT molecular complexity index is 1330. The molecule has 0 atom stereocenters. The van der Waals surface area contributed by atoms with Crippen LogP contribution in [-0.2, 0) is 16.6 Å². The summed E-state index contributed by atoms with van der Waals surface area (Å²) in [5, 5.41) is 0. The fourth-order valence-electron chi connectivity index (χ4n) is 3.20. The van der Waals surface area contributed by atoms with E-state index >= 15 is 0 Å². The second kappa shape index (κ2) is 8.21. The molecular weight excluding hydrogens is 416 g/mol. The SMILES string of the molecule is CN(Cc1ccccc1)S(=O)(=O)c1ccc(-c2nc3ccc(OC(N)=O)cc3[nH]2)cc1. The lowest BCUT2D eigenvalue weighted by atomic mass is 10.2. The van der Waals surface area contributed by atoms with Crippen molar-refractivity contribution in [3.63, 3.8) is 0 Å². The van der Waals surface area contributed by atoms with E-state index in [9.17, 15) is 13.2 Å². The van der Waals surface area contributed by atoms with Crippen LogP contribution < -0.4 is 10.5 Å². The Labute approximate surface area is 179 Å². The predicted molar refractivity (Wildman–Crippen MR) is 117 cm³/mol. The number of hydrogen-bond donors (Lipinski definition) is 2. The van der Waals surface area contributed by atoms with Gasteiger partial charge in [0.25, 0.3) is 0 Å². The molecule has 4 aromatic rings. The van der Waals surface area contributed by atoms with Crippen LogP contribution in [0.2, 0.25) is 0 Å². The van der Waals surface area contributed by atoms with Crippen LogP contribution in [0.5, 0.6) is 5.75 Å². The molecule has 0 saturated carbocycles. The smallest absolute Gasteiger partial charge is 0.409 e. The quantitative estimate of drug-likeness (QED) is 0.479. The van der Waals surface area contributed by atoms with Crippen LogP contribution in [0, 0.1) is 0 Å². The number of fused-ring (bicyclic) bond motifs is 1. The third-order valence-corrected chi connectivity index (χ3v) is 6.57. The van der Waals surface area contributed by atoms with Crippen molar-refractivity contribution >= 4 is 27.1 Å². The minimum absolute atomic E-state index is 0.197. The number of sulfonamides is 1. The summed E-state index contributed by atoms with van der Waals surface area (Å²) in [6.45, 7) is 0.282. The molecule has 0 saturated heterocycles. The van der Waals surface area contributed by atoms with Gasteiger partial charge in [0.05, 0.1) is 15.9 Å². The molecule has 0 fully saturated rings. The zero-order valence-electron chi connectivity index (χ0n) is 16.6. The Morgan fingerprint density at radius 2 is 1.77 bits per heavy atom. The fraction of sp³-hybridized carbons (Fsp3) is 0.0909. The number of ether oxygens (including phenoxy) is 1. The standard InChI is InChI=1S/C22H20N4O4S/c1-26(14-15-5-3-2-4-6-15)31(28,29)18-10-7-16(8-11-18)21-24-19-12-9-17(30-22(23)27)13-20(19)25-21/h2-13H,14H2,1H3,(H2,23,27)(H,24,25). The molecule has 1 aromatic heterocycles. The number of imidazole rings is 1. The molecule has 0 radical (unpaired) electrons. The van der Waals surface area contributed by atoms with Crippen LogP contribution in [0.4, 0.5) is 4.79 Å². The molecular formula is C22H20N4O4S. The van der Waals surface area contributed by atoms with Gasteiger partial charge >= 0.3 is 6.09 Å². The number of nitrogens with zero attached hydrogens (tertiary/aromatic N) is 2. The number of carbonyl (C=O) groups excluding carboxylic acids is 1. The van der Waals surface area contributed by atoms with Crippen molar-refractivity contribution in [2.45, 2.75) is 11.4 Å². The largest absolute Gasteiger partial charge is 0.410 e.